The first-order valence-electron chi connectivity index (χ1n) is 13.5. The van der Waals surface area contributed by atoms with E-state index in [2.05, 4.69) is 0 Å². The van der Waals surface area contributed by atoms with Crippen LogP contribution in [-0.4, -0.2) is 56.1 Å². The summed E-state index contributed by atoms with van der Waals surface area (Å²) >= 11 is 0. The average molecular weight is 555 g/mol. The maximum atomic E-state index is 13.1. The van der Waals surface area contributed by atoms with Gasteiger partial charge < -0.3 is 23.7 Å². The molecule has 9 nitrogen and oxygen atoms in total. The monoisotopic (exact) mass is 554 g/mol. The van der Waals surface area contributed by atoms with Gasteiger partial charge in [0.2, 0.25) is 18.3 Å². The van der Waals surface area contributed by atoms with Crippen LogP contribution in [0.1, 0.15) is 58.6 Å². The van der Waals surface area contributed by atoms with Gasteiger partial charge in [0, 0.05) is 23.7 Å². The SMILES string of the molecule is COC(=O)[C@@H](OC(=O)[C@@H](OC(=O)[C@@H](OC(=O)OCC1c2ccccc2-c2ccccc21)C(C)C)C(C)C)C(C)C. The van der Waals surface area contributed by atoms with Gasteiger partial charge in [0.05, 0.1) is 7.11 Å². The lowest BCUT2D eigenvalue weighted by Gasteiger charge is -2.26. The van der Waals surface area contributed by atoms with Crippen molar-refractivity contribution < 1.29 is 42.9 Å². The van der Waals surface area contributed by atoms with Crippen LogP contribution in [0, 0.1) is 17.8 Å². The molecule has 3 rings (SSSR count). The molecule has 0 heterocycles. The van der Waals surface area contributed by atoms with Gasteiger partial charge in [-0.3, -0.25) is 0 Å². The van der Waals surface area contributed by atoms with Gasteiger partial charge in [0.1, 0.15) is 6.61 Å². The molecule has 0 aliphatic heterocycles. The second kappa shape index (κ2) is 13.5. The molecule has 0 bridgehead atoms. The molecule has 9 heteroatoms. The Morgan fingerprint density at radius 1 is 0.625 bits per heavy atom. The molecule has 0 spiro atoms. The van der Waals surface area contributed by atoms with E-state index in [-0.39, 0.29) is 18.4 Å². The molecule has 40 heavy (non-hydrogen) atoms. The normalized spacial score (nSPS) is 14.7. The zero-order valence-electron chi connectivity index (χ0n) is 24.0. The molecule has 1 aliphatic carbocycles. The predicted molar refractivity (Wildman–Crippen MR) is 146 cm³/mol. The topological polar surface area (TPSA) is 114 Å². The van der Waals surface area contributed by atoms with Gasteiger partial charge >= 0.3 is 24.1 Å². The van der Waals surface area contributed by atoms with Crippen LogP contribution in [0.4, 0.5) is 4.79 Å². The van der Waals surface area contributed by atoms with Crippen LogP contribution in [0.5, 0.6) is 0 Å². The van der Waals surface area contributed by atoms with Crippen LogP contribution in [0.2, 0.25) is 0 Å². The number of hydrogen-bond donors (Lipinski definition) is 0. The highest BCUT2D eigenvalue weighted by molar-refractivity contribution is 5.85. The third kappa shape index (κ3) is 7.00. The maximum Gasteiger partial charge on any atom is 0.509 e. The quantitative estimate of drug-likeness (QED) is 0.270. The summed E-state index contributed by atoms with van der Waals surface area (Å²) in [5.74, 6) is -4.02. The number of rotatable bonds is 11. The summed E-state index contributed by atoms with van der Waals surface area (Å²) in [6, 6.07) is 15.9. The fraction of sp³-hybridized carbons (Fsp3) is 0.484. The van der Waals surface area contributed by atoms with E-state index in [1.54, 1.807) is 41.5 Å². The second-order valence-electron chi connectivity index (χ2n) is 10.8. The highest BCUT2D eigenvalue weighted by Crippen LogP contribution is 2.44. The number of carbonyl (C=O) groups excluding carboxylic acids is 4. The van der Waals surface area contributed by atoms with Crippen molar-refractivity contribution >= 4 is 24.1 Å². The summed E-state index contributed by atoms with van der Waals surface area (Å²) in [6.45, 7) is 10.1. The summed E-state index contributed by atoms with van der Waals surface area (Å²) in [5, 5.41) is 0. The summed E-state index contributed by atoms with van der Waals surface area (Å²) in [5.41, 5.74) is 4.26. The van der Waals surface area contributed by atoms with Crippen molar-refractivity contribution in [1.29, 1.82) is 0 Å². The van der Waals surface area contributed by atoms with Crippen LogP contribution < -0.4 is 0 Å². The fourth-order valence-corrected chi connectivity index (χ4v) is 4.60. The van der Waals surface area contributed by atoms with E-state index in [9.17, 15) is 19.2 Å². The molecule has 0 saturated carbocycles. The van der Waals surface area contributed by atoms with Gasteiger partial charge in [-0.15, -0.1) is 0 Å². The lowest BCUT2D eigenvalue weighted by Crippen LogP contribution is -2.43. The summed E-state index contributed by atoms with van der Waals surface area (Å²) < 4.78 is 26.4. The number of carbonyl (C=O) groups is 4. The fourth-order valence-electron chi connectivity index (χ4n) is 4.60. The highest BCUT2D eigenvalue weighted by Gasteiger charge is 2.38. The first-order valence-corrected chi connectivity index (χ1v) is 13.5. The van der Waals surface area contributed by atoms with Crippen molar-refractivity contribution in [1.82, 2.24) is 0 Å². The number of methoxy groups -OCH3 is 1. The van der Waals surface area contributed by atoms with Crippen molar-refractivity contribution in [3.63, 3.8) is 0 Å². The Kier molecular flexibility index (Phi) is 10.3. The molecule has 3 atom stereocenters. The summed E-state index contributed by atoms with van der Waals surface area (Å²) in [4.78, 5) is 50.7. The van der Waals surface area contributed by atoms with Gasteiger partial charge in [0.15, 0.2) is 0 Å². The van der Waals surface area contributed by atoms with Crippen LogP contribution >= 0.6 is 0 Å². The Labute approximate surface area is 235 Å². The van der Waals surface area contributed by atoms with E-state index in [1.165, 1.54) is 7.11 Å². The third-order valence-corrected chi connectivity index (χ3v) is 6.75. The molecule has 0 amide bonds. The molecule has 0 saturated heterocycles. The van der Waals surface area contributed by atoms with E-state index in [4.69, 9.17) is 23.7 Å². The van der Waals surface area contributed by atoms with Gasteiger partial charge in [-0.05, 0) is 22.3 Å². The minimum atomic E-state index is -1.33. The Hall–Kier alpha value is -3.88. The molecule has 1 aliphatic rings. The van der Waals surface area contributed by atoms with E-state index < -0.39 is 54.2 Å². The lowest BCUT2D eigenvalue weighted by atomic mass is 9.98. The molecule has 0 aromatic heterocycles. The highest BCUT2D eigenvalue weighted by atomic mass is 16.7. The zero-order valence-corrected chi connectivity index (χ0v) is 24.0. The van der Waals surface area contributed by atoms with Crippen molar-refractivity contribution in [2.24, 2.45) is 17.8 Å². The van der Waals surface area contributed by atoms with E-state index in [0.717, 1.165) is 22.3 Å². The molecular formula is C31H38O9. The standard InChI is InChI=1S/C31H38O9/c1-17(2)25(28(32)36-7)38-29(33)26(18(3)4)39-30(34)27(19(5)6)40-31(35)37-16-24-22-14-10-8-12-20(22)21-13-9-11-15-23(21)24/h8-15,17-19,24-27H,16H2,1-7H3/t25-,26-,27-/m0/s1. The smallest absolute Gasteiger partial charge is 0.466 e. The van der Waals surface area contributed by atoms with Crippen LogP contribution in [-0.2, 0) is 38.1 Å². The van der Waals surface area contributed by atoms with E-state index in [0.29, 0.717) is 0 Å². The van der Waals surface area contributed by atoms with Crippen molar-refractivity contribution in [3.8, 4) is 11.1 Å². The molecule has 2 aromatic rings. The molecule has 0 radical (unpaired) electrons. The van der Waals surface area contributed by atoms with E-state index in [1.807, 2.05) is 48.5 Å². The molecule has 216 valence electrons. The van der Waals surface area contributed by atoms with E-state index >= 15 is 0 Å². The van der Waals surface area contributed by atoms with Crippen LogP contribution in [0.3, 0.4) is 0 Å². The number of hydrogen-bond acceptors (Lipinski definition) is 9. The lowest BCUT2D eigenvalue weighted by molar-refractivity contribution is -0.186. The van der Waals surface area contributed by atoms with Crippen molar-refractivity contribution in [2.75, 3.05) is 13.7 Å². The van der Waals surface area contributed by atoms with Gasteiger partial charge in [-0.25, -0.2) is 19.2 Å². The molecule has 0 N–H and O–H groups in total. The number of ether oxygens (including phenoxy) is 5. The summed E-state index contributed by atoms with van der Waals surface area (Å²) in [6.07, 6.45) is -4.83. The minimum absolute atomic E-state index is 0.0256. The minimum Gasteiger partial charge on any atom is -0.466 e. The largest absolute Gasteiger partial charge is 0.509 e. The van der Waals surface area contributed by atoms with Gasteiger partial charge in [0.25, 0.3) is 0 Å². The van der Waals surface area contributed by atoms with Gasteiger partial charge in [-0.2, -0.15) is 0 Å². The second-order valence-corrected chi connectivity index (χ2v) is 10.8. The summed E-state index contributed by atoms with van der Waals surface area (Å²) in [7, 11) is 1.19. The van der Waals surface area contributed by atoms with Crippen molar-refractivity contribution in [2.45, 2.75) is 65.8 Å². The predicted octanol–water partition coefficient (Wildman–Crippen LogP) is 5.29. The molecule has 0 fully saturated rings. The molecular weight excluding hydrogens is 516 g/mol. The Morgan fingerprint density at radius 3 is 1.45 bits per heavy atom. The van der Waals surface area contributed by atoms with Gasteiger partial charge in [-0.1, -0.05) is 90.1 Å². The number of benzene rings is 2. The number of esters is 3. The zero-order chi connectivity index (χ0) is 29.6. The first kappa shape index (κ1) is 30.7. The third-order valence-electron chi connectivity index (χ3n) is 6.75. The van der Waals surface area contributed by atoms with Crippen LogP contribution in [0.25, 0.3) is 11.1 Å². The maximum absolute atomic E-state index is 13.1. The average Bonchev–Trinajstić information content (AvgIpc) is 3.24. The Bertz CT molecular complexity index is 1170. The molecule has 2 aromatic carbocycles. The van der Waals surface area contributed by atoms with Crippen LogP contribution in [0.15, 0.2) is 48.5 Å². The number of fused-ring (bicyclic) bond motifs is 3. The first-order chi connectivity index (χ1) is 19.0. The Balaban J connectivity index is 1.66. The molecule has 0 unspecified atom stereocenters. The van der Waals surface area contributed by atoms with Crippen molar-refractivity contribution in [3.05, 3.63) is 59.7 Å². The Morgan fingerprint density at radius 2 is 1.02 bits per heavy atom.